The summed E-state index contributed by atoms with van der Waals surface area (Å²) in [4.78, 5) is 12.1. The first-order valence-corrected chi connectivity index (χ1v) is 6.36. The van der Waals surface area contributed by atoms with E-state index in [9.17, 15) is 9.18 Å². The lowest BCUT2D eigenvalue weighted by Crippen LogP contribution is -2.46. The van der Waals surface area contributed by atoms with Crippen LogP contribution in [0.2, 0.25) is 0 Å². The Labute approximate surface area is 107 Å². The molecule has 0 aromatic heterocycles. The molecule has 1 aliphatic heterocycles. The summed E-state index contributed by atoms with van der Waals surface area (Å²) in [6.07, 6.45) is 1.84. The first-order valence-electron chi connectivity index (χ1n) is 6.36. The van der Waals surface area contributed by atoms with Crippen LogP contribution in [0.5, 0.6) is 0 Å². The Bertz CT molecular complexity index is 447. The second-order valence-electron chi connectivity index (χ2n) is 5.01. The van der Waals surface area contributed by atoms with Gasteiger partial charge in [0, 0.05) is 17.6 Å². The highest BCUT2D eigenvalue weighted by molar-refractivity contribution is 5.95. The van der Waals surface area contributed by atoms with E-state index in [-0.39, 0.29) is 17.8 Å². The third-order valence-corrected chi connectivity index (χ3v) is 3.40. The molecule has 1 aliphatic rings. The highest BCUT2D eigenvalue weighted by Crippen LogP contribution is 2.13. The van der Waals surface area contributed by atoms with Crippen molar-refractivity contribution in [3.63, 3.8) is 0 Å². The van der Waals surface area contributed by atoms with E-state index in [0.717, 1.165) is 24.9 Å². The molecule has 1 heterocycles. The van der Waals surface area contributed by atoms with Gasteiger partial charge in [-0.2, -0.15) is 0 Å². The van der Waals surface area contributed by atoms with E-state index < -0.39 is 0 Å². The number of aryl methyl sites for hydroxylation is 1. The average molecular weight is 250 g/mol. The molecule has 1 aromatic rings. The van der Waals surface area contributed by atoms with Crippen molar-refractivity contribution < 1.29 is 9.18 Å². The van der Waals surface area contributed by atoms with Gasteiger partial charge in [-0.25, -0.2) is 4.39 Å². The monoisotopic (exact) mass is 250 g/mol. The average Bonchev–Trinajstić information content (AvgIpc) is 2.32. The van der Waals surface area contributed by atoms with Crippen LogP contribution >= 0.6 is 0 Å². The second-order valence-corrected chi connectivity index (χ2v) is 5.01. The molecule has 1 amide bonds. The van der Waals surface area contributed by atoms with Gasteiger partial charge in [-0.05, 0) is 50.9 Å². The summed E-state index contributed by atoms with van der Waals surface area (Å²) in [5.41, 5.74) is 1.23. The summed E-state index contributed by atoms with van der Waals surface area (Å²) in [6, 6.07) is 4.90. The number of rotatable bonds is 2. The van der Waals surface area contributed by atoms with E-state index in [1.807, 2.05) is 6.92 Å². The van der Waals surface area contributed by atoms with Crippen molar-refractivity contribution in [1.82, 2.24) is 10.6 Å². The molecule has 0 bridgehead atoms. The van der Waals surface area contributed by atoms with Crippen LogP contribution in [0, 0.1) is 12.7 Å². The van der Waals surface area contributed by atoms with E-state index >= 15 is 0 Å². The Morgan fingerprint density at radius 1 is 1.50 bits per heavy atom. The SMILES string of the molecule is Cc1ccc(F)cc1C(=O)NC1CCNC(C)C1. The zero-order valence-electron chi connectivity index (χ0n) is 10.8. The predicted molar refractivity (Wildman–Crippen MR) is 69.1 cm³/mol. The van der Waals surface area contributed by atoms with Crippen LogP contribution in [-0.4, -0.2) is 24.5 Å². The van der Waals surface area contributed by atoms with E-state index in [0.29, 0.717) is 11.6 Å². The summed E-state index contributed by atoms with van der Waals surface area (Å²) < 4.78 is 13.2. The van der Waals surface area contributed by atoms with Crippen molar-refractivity contribution >= 4 is 5.91 Å². The lowest BCUT2D eigenvalue weighted by molar-refractivity contribution is 0.0924. The summed E-state index contributed by atoms with van der Waals surface area (Å²) in [5, 5.41) is 6.32. The number of amides is 1. The van der Waals surface area contributed by atoms with E-state index in [1.165, 1.54) is 12.1 Å². The predicted octanol–water partition coefficient (Wildman–Crippen LogP) is 2.00. The molecule has 3 nitrogen and oxygen atoms in total. The Kier molecular flexibility index (Phi) is 3.97. The Balaban J connectivity index is 2.05. The van der Waals surface area contributed by atoms with Gasteiger partial charge in [0.15, 0.2) is 0 Å². The number of halogens is 1. The highest BCUT2D eigenvalue weighted by atomic mass is 19.1. The number of hydrogen-bond acceptors (Lipinski definition) is 2. The van der Waals surface area contributed by atoms with Gasteiger partial charge in [0.2, 0.25) is 0 Å². The number of carbonyl (C=O) groups excluding carboxylic acids is 1. The lowest BCUT2D eigenvalue weighted by atomic mass is 9.99. The molecule has 4 heteroatoms. The minimum Gasteiger partial charge on any atom is -0.349 e. The molecule has 2 rings (SSSR count). The van der Waals surface area contributed by atoms with Crippen molar-refractivity contribution in [1.29, 1.82) is 0 Å². The molecule has 18 heavy (non-hydrogen) atoms. The van der Waals surface area contributed by atoms with Crippen LogP contribution in [0.3, 0.4) is 0 Å². The zero-order chi connectivity index (χ0) is 13.1. The summed E-state index contributed by atoms with van der Waals surface area (Å²) >= 11 is 0. The van der Waals surface area contributed by atoms with Crippen LogP contribution in [0.4, 0.5) is 4.39 Å². The first-order chi connectivity index (χ1) is 8.56. The van der Waals surface area contributed by atoms with Crippen molar-refractivity contribution in [2.45, 2.75) is 38.8 Å². The Morgan fingerprint density at radius 2 is 2.28 bits per heavy atom. The first kappa shape index (κ1) is 13.0. The fourth-order valence-electron chi connectivity index (χ4n) is 2.37. The Hall–Kier alpha value is -1.42. The Morgan fingerprint density at radius 3 is 3.00 bits per heavy atom. The molecular formula is C14H19FN2O. The van der Waals surface area contributed by atoms with E-state index in [4.69, 9.17) is 0 Å². The summed E-state index contributed by atoms with van der Waals surface area (Å²) in [6.45, 7) is 4.83. The number of benzene rings is 1. The molecule has 2 atom stereocenters. The number of hydrogen-bond donors (Lipinski definition) is 2. The molecule has 0 spiro atoms. The van der Waals surface area contributed by atoms with Crippen LogP contribution in [0.25, 0.3) is 0 Å². The summed E-state index contributed by atoms with van der Waals surface area (Å²) in [5.74, 6) is -0.546. The minimum atomic E-state index is -0.371. The second kappa shape index (κ2) is 5.48. The van der Waals surface area contributed by atoms with Crippen LogP contribution in [-0.2, 0) is 0 Å². The molecule has 1 aromatic carbocycles. The molecule has 1 fully saturated rings. The number of nitrogens with one attached hydrogen (secondary N) is 2. The van der Waals surface area contributed by atoms with E-state index in [2.05, 4.69) is 17.6 Å². The van der Waals surface area contributed by atoms with E-state index in [1.54, 1.807) is 6.07 Å². The minimum absolute atomic E-state index is 0.175. The van der Waals surface area contributed by atoms with Crippen LogP contribution in [0.15, 0.2) is 18.2 Å². The third-order valence-electron chi connectivity index (χ3n) is 3.40. The number of carbonyl (C=O) groups is 1. The molecular weight excluding hydrogens is 231 g/mol. The summed E-state index contributed by atoms with van der Waals surface area (Å²) in [7, 11) is 0. The van der Waals surface area contributed by atoms with Gasteiger partial charge in [0.25, 0.3) is 5.91 Å². The maximum absolute atomic E-state index is 13.2. The topological polar surface area (TPSA) is 41.1 Å². The third kappa shape index (κ3) is 3.07. The van der Waals surface area contributed by atoms with Gasteiger partial charge in [0.05, 0.1) is 0 Å². The number of piperidine rings is 1. The largest absolute Gasteiger partial charge is 0.349 e. The van der Waals surface area contributed by atoms with Gasteiger partial charge < -0.3 is 10.6 Å². The molecule has 0 radical (unpaired) electrons. The van der Waals surface area contributed by atoms with Crippen LogP contribution in [0.1, 0.15) is 35.7 Å². The van der Waals surface area contributed by atoms with Crippen molar-refractivity contribution in [2.75, 3.05) is 6.54 Å². The molecule has 0 saturated carbocycles. The van der Waals surface area contributed by atoms with Crippen LogP contribution < -0.4 is 10.6 Å². The smallest absolute Gasteiger partial charge is 0.251 e. The molecule has 2 unspecified atom stereocenters. The lowest BCUT2D eigenvalue weighted by Gasteiger charge is -2.28. The zero-order valence-corrected chi connectivity index (χ0v) is 10.8. The fraction of sp³-hybridized carbons (Fsp3) is 0.500. The van der Waals surface area contributed by atoms with Crippen molar-refractivity contribution in [3.05, 3.63) is 35.1 Å². The molecule has 1 saturated heterocycles. The maximum Gasteiger partial charge on any atom is 0.251 e. The molecule has 2 N–H and O–H groups in total. The standard InChI is InChI=1S/C14H19FN2O/c1-9-3-4-11(15)8-13(9)14(18)17-12-5-6-16-10(2)7-12/h3-4,8,10,12,16H,5-7H2,1-2H3,(H,17,18). The highest BCUT2D eigenvalue weighted by Gasteiger charge is 2.21. The van der Waals surface area contributed by atoms with Gasteiger partial charge in [-0.15, -0.1) is 0 Å². The van der Waals surface area contributed by atoms with Crippen molar-refractivity contribution in [3.8, 4) is 0 Å². The fourth-order valence-corrected chi connectivity index (χ4v) is 2.37. The van der Waals surface area contributed by atoms with Gasteiger partial charge in [-0.3, -0.25) is 4.79 Å². The maximum atomic E-state index is 13.2. The quantitative estimate of drug-likeness (QED) is 0.843. The van der Waals surface area contributed by atoms with Crippen molar-refractivity contribution in [2.24, 2.45) is 0 Å². The molecule has 0 aliphatic carbocycles. The van der Waals surface area contributed by atoms with Gasteiger partial charge in [-0.1, -0.05) is 6.07 Å². The normalized spacial score (nSPS) is 23.7. The van der Waals surface area contributed by atoms with Gasteiger partial charge >= 0.3 is 0 Å². The van der Waals surface area contributed by atoms with Gasteiger partial charge in [0.1, 0.15) is 5.82 Å². The molecule has 98 valence electrons.